The zero-order valence-electron chi connectivity index (χ0n) is 5.53. The summed E-state index contributed by atoms with van der Waals surface area (Å²) in [5, 5.41) is 0. The molecule has 5 heteroatoms. The first-order valence-corrected chi connectivity index (χ1v) is 7.88. The highest BCUT2D eigenvalue weighted by atomic mass is 35.8. The van der Waals surface area contributed by atoms with Crippen molar-refractivity contribution >= 4 is 41.5 Å². The van der Waals surface area contributed by atoms with E-state index in [0.717, 1.165) is 13.2 Å². The maximum absolute atomic E-state index is 4.94. The zero-order chi connectivity index (χ0) is 7.70. The minimum atomic E-state index is -1.72. The molecule has 0 fully saturated rings. The van der Waals surface area contributed by atoms with Crippen LogP contribution >= 0.6 is 30.1 Å². The Kier molecular flexibility index (Phi) is 17.4. The van der Waals surface area contributed by atoms with Crippen LogP contribution in [0.5, 0.6) is 0 Å². The topological polar surface area (TPSA) is 9.23 Å². The lowest BCUT2D eigenvalue weighted by Crippen LogP contribution is -1.84. The Hall–Kier alpha value is 1.36. The van der Waals surface area contributed by atoms with Gasteiger partial charge in [0, 0.05) is 13.2 Å². The molecular weight excluding hydrogens is 197 g/mol. The fraction of sp³-hybridized carbons (Fsp3) is 1.00. The summed E-state index contributed by atoms with van der Waals surface area (Å²) in [5.41, 5.74) is 0. The van der Waals surface area contributed by atoms with E-state index >= 15 is 0 Å². The smallest absolute Gasteiger partial charge is 0.382 e. The molecule has 0 amide bonds. The van der Waals surface area contributed by atoms with E-state index in [4.69, 9.17) is 34.9 Å². The molecule has 0 rings (SSSR count). The van der Waals surface area contributed by atoms with Gasteiger partial charge in [-0.1, -0.05) is 0 Å². The van der Waals surface area contributed by atoms with Crippen LogP contribution in [0.2, 0.25) is 0 Å². The molecule has 0 saturated carbocycles. The van der Waals surface area contributed by atoms with Crippen molar-refractivity contribution in [1.29, 1.82) is 0 Å². The minimum Gasteiger partial charge on any atom is -0.382 e. The quantitative estimate of drug-likeness (QED) is 0.633. The van der Waals surface area contributed by atoms with Gasteiger partial charge in [0.2, 0.25) is 0 Å². The second-order valence-electron chi connectivity index (χ2n) is 1.03. The molecule has 0 bridgehead atoms. The maximum atomic E-state index is 4.94. The third-order valence-electron chi connectivity index (χ3n) is 0.408. The van der Waals surface area contributed by atoms with Crippen molar-refractivity contribution in [2.24, 2.45) is 0 Å². The van der Waals surface area contributed by atoms with Gasteiger partial charge >= 0.3 is 11.4 Å². The molecule has 0 aliphatic rings. The molecule has 0 atom stereocenters. The Morgan fingerprint density at radius 3 is 1.33 bits per heavy atom. The van der Waals surface area contributed by atoms with Gasteiger partial charge in [0.25, 0.3) is 0 Å². The van der Waals surface area contributed by atoms with Gasteiger partial charge in [-0.25, -0.2) is 30.1 Å². The standard InChI is InChI=1S/C4H10O.Al.3ClH/c1-3-5-4-2;;;;/h3-4H2,1-2H3;;3*1H/q;+3;;;/p-3. The summed E-state index contributed by atoms with van der Waals surface area (Å²) < 4.78 is 4.83. The van der Waals surface area contributed by atoms with Gasteiger partial charge < -0.3 is 4.74 Å². The molecule has 0 aromatic carbocycles. The van der Waals surface area contributed by atoms with Gasteiger partial charge in [-0.2, -0.15) is 0 Å². The van der Waals surface area contributed by atoms with Crippen molar-refractivity contribution in [2.45, 2.75) is 13.8 Å². The Balaban J connectivity index is 0. The zero-order valence-corrected chi connectivity index (χ0v) is 8.96. The minimum absolute atomic E-state index is 0.844. The third-order valence-corrected chi connectivity index (χ3v) is 0.408. The highest BCUT2D eigenvalue weighted by Crippen LogP contribution is 1.97. The molecule has 0 heterocycles. The molecule has 0 spiro atoms. The van der Waals surface area contributed by atoms with Crippen LogP contribution in [0.25, 0.3) is 0 Å². The van der Waals surface area contributed by atoms with E-state index in [2.05, 4.69) is 0 Å². The summed E-state index contributed by atoms with van der Waals surface area (Å²) in [6, 6.07) is 0. The third kappa shape index (κ3) is 44.9. The normalized spacial score (nSPS) is 7.67. The van der Waals surface area contributed by atoms with Crippen molar-refractivity contribution in [2.75, 3.05) is 13.2 Å². The van der Waals surface area contributed by atoms with Crippen molar-refractivity contribution in [1.82, 2.24) is 0 Å². The first-order chi connectivity index (χ1) is 4.15. The van der Waals surface area contributed by atoms with E-state index in [1.165, 1.54) is 0 Å². The summed E-state index contributed by atoms with van der Waals surface area (Å²) in [6.45, 7) is 5.67. The first-order valence-electron chi connectivity index (χ1n) is 2.65. The average Bonchev–Trinajstić information content (AvgIpc) is 1.66. The summed E-state index contributed by atoms with van der Waals surface area (Å²) in [4.78, 5) is 0. The molecule has 0 aromatic heterocycles. The van der Waals surface area contributed by atoms with E-state index in [1.54, 1.807) is 0 Å². The SMILES string of the molecule is CCOCC.[Cl][Al]([Cl])[Cl]. The van der Waals surface area contributed by atoms with Crippen LogP contribution in [-0.2, 0) is 4.74 Å². The Morgan fingerprint density at radius 2 is 1.33 bits per heavy atom. The number of hydrogen-bond acceptors (Lipinski definition) is 1. The van der Waals surface area contributed by atoms with Gasteiger partial charge in [0.1, 0.15) is 0 Å². The fourth-order valence-corrected chi connectivity index (χ4v) is 0.204. The van der Waals surface area contributed by atoms with Gasteiger partial charge in [-0.15, -0.1) is 0 Å². The Bertz CT molecular complexity index is 40.0. The highest BCUT2D eigenvalue weighted by Gasteiger charge is 2.00. The lowest BCUT2D eigenvalue weighted by Gasteiger charge is -1.86. The Labute approximate surface area is 73.2 Å². The van der Waals surface area contributed by atoms with Crippen LogP contribution in [0.3, 0.4) is 0 Å². The maximum Gasteiger partial charge on any atom is 0.643 e. The van der Waals surface area contributed by atoms with E-state index < -0.39 is 11.4 Å². The molecule has 0 aliphatic heterocycles. The molecule has 56 valence electrons. The summed E-state index contributed by atoms with van der Waals surface area (Å²) in [6.07, 6.45) is 0. The van der Waals surface area contributed by atoms with Crippen LogP contribution < -0.4 is 0 Å². The number of rotatable bonds is 2. The largest absolute Gasteiger partial charge is 0.643 e. The molecular formula is C4H10AlCl3O. The highest BCUT2D eigenvalue weighted by molar-refractivity contribution is 7.54. The lowest BCUT2D eigenvalue weighted by molar-refractivity contribution is 0.162. The van der Waals surface area contributed by atoms with Crippen molar-refractivity contribution in [3.63, 3.8) is 0 Å². The second-order valence-corrected chi connectivity index (χ2v) is 7.46. The van der Waals surface area contributed by atoms with Crippen LogP contribution in [0.1, 0.15) is 13.8 Å². The van der Waals surface area contributed by atoms with Crippen molar-refractivity contribution in [3.05, 3.63) is 0 Å². The van der Waals surface area contributed by atoms with Crippen molar-refractivity contribution in [3.8, 4) is 0 Å². The molecule has 1 nitrogen and oxygen atoms in total. The molecule has 0 radical (unpaired) electrons. The van der Waals surface area contributed by atoms with Gasteiger partial charge in [-0.3, -0.25) is 0 Å². The van der Waals surface area contributed by atoms with Crippen LogP contribution in [0, 0.1) is 0 Å². The predicted molar refractivity (Wildman–Crippen MR) is 45.5 cm³/mol. The summed E-state index contributed by atoms with van der Waals surface area (Å²) in [5.74, 6) is 0. The van der Waals surface area contributed by atoms with Crippen molar-refractivity contribution < 1.29 is 4.74 Å². The van der Waals surface area contributed by atoms with Crippen LogP contribution in [-0.4, -0.2) is 24.6 Å². The molecule has 0 aliphatic carbocycles. The predicted octanol–water partition coefficient (Wildman–Crippen LogP) is 2.73. The van der Waals surface area contributed by atoms with Crippen LogP contribution in [0.15, 0.2) is 0 Å². The second kappa shape index (κ2) is 12.1. The molecule has 0 N–H and O–H groups in total. The van der Waals surface area contributed by atoms with Gasteiger partial charge in [-0.05, 0) is 13.8 Å². The lowest BCUT2D eigenvalue weighted by atomic mass is 10.8. The number of hydrogen-bond donors (Lipinski definition) is 0. The molecule has 0 saturated heterocycles. The van der Waals surface area contributed by atoms with Gasteiger partial charge in [0.05, 0.1) is 0 Å². The molecule has 9 heavy (non-hydrogen) atoms. The number of ether oxygens (including phenoxy) is 1. The van der Waals surface area contributed by atoms with Crippen LogP contribution in [0.4, 0.5) is 0 Å². The number of halogens is 3. The average molecular weight is 207 g/mol. The fourth-order valence-electron chi connectivity index (χ4n) is 0.204. The van der Waals surface area contributed by atoms with E-state index in [-0.39, 0.29) is 0 Å². The van der Waals surface area contributed by atoms with E-state index in [1.807, 2.05) is 13.8 Å². The molecule has 0 unspecified atom stereocenters. The van der Waals surface area contributed by atoms with Gasteiger partial charge in [0.15, 0.2) is 0 Å². The Morgan fingerprint density at radius 1 is 1.11 bits per heavy atom. The molecule has 0 aromatic rings. The first kappa shape index (κ1) is 13.0. The van der Waals surface area contributed by atoms with E-state index in [0.29, 0.717) is 0 Å². The monoisotopic (exact) mass is 206 g/mol. The van der Waals surface area contributed by atoms with E-state index in [9.17, 15) is 0 Å². The summed E-state index contributed by atoms with van der Waals surface area (Å²) in [7, 11) is 14.8. The summed E-state index contributed by atoms with van der Waals surface area (Å²) >= 11 is -1.72.